The molecule has 1 aromatic rings. The number of aliphatic hydroxyl groups is 1. The van der Waals surface area contributed by atoms with Crippen LogP contribution >= 0.6 is 11.6 Å². The SMILES string of the molecule is CC(C)(C(O)c1cc(Cl)cnc1N)N1CCOCC1. The van der Waals surface area contributed by atoms with Crippen LogP contribution in [0.15, 0.2) is 12.3 Å². The number of nitrogen functional groups attached to an aromatic ring is 1. The van der Waals surface area contributed by atoms with Gasteiger partial charge in [0.25, 0.3) is 0 Å². The topological polar surface area (TPSA) is 71.6 Å². The Hall–Kier alpha value is -0.880. The summed E-state index contributed by atoms with van der Waals surface area (Å²) in [5, 5.41) is 11.1. The molecule has 5 nitrogen and oxygen atoms in total. The van der Waals surface area contributed by atoms with Gasteiger partial charge in [-0.05, 0) is 19.9 Å². The van der Waals surface area contributed by atoms with Crippen LogP contribution in [0.3, 0.4) is 0 Å². The van der Waals surface area contributed by atoms with Crippen LogP contribution in [-0.2, 0) is 4.74 Å². The summed E-state index contributed by atoms with van der Waals surface area (Å²) in [4.78, 5) is 6.20. The van der Waals surface area contributed by atoms with E-state index < -0.39 is 11.6 Å². The number of nitrogens with zero attached hydrogens (tertiary/aromatic N) is 2. The summed E-state index contributed by atoms with van der Waals surface area (Å²) in [6.07, 6.45) is 0.728. The fourth-order valence-corrected chi connectivity index (χ4v) is 2.54. The zero-order valence-electron chi connectivity index (χ0n) is 11.3. The maximum atomic E-state index is 10.6. The van der Waals surface area contributed by atoms with Crippen molar-refractivity contribution in [3.05, 3.63) is 22.8 Å². The monoisotopic (exact) mass is 285 g/mol. The number of pyridine rings is 1. The maximum absolute atomic E-state index is 10.6. The molecule has 1 aliphatic heterocycles. The lowest BCUT2D eigenvalue weighted by Crippen LogP contribution is -2.53. The molecule has 6 heteroatoms. The second kappa shape index (κ2) is 5.63. The first kappa shape index (κ1) is 14.5. The molecule has 0 spiro atoms. The third-order valence-corrected chi connectivity index (χ3v) is 3.91. The van der Waals surface area contributed by atoms with Gasteiger partial charge in [-0.1, -0.05) is 11.6 Å². The Kier molecular flexibility index (Phi) is 4.30. The van der Waals surface area contributed by atoms with Gasteiger partial charge in [-0.15, -0.1) is 0 Å². The number of halogens is 1. The normalized spacial score (nSPS) is 19.4. The van der Waals surface area contributed by atoms with E-state index in [1.807, 2.05) is 13.8 Å². The Morgan fingerprint density at radius 3 is 2.74 bits per heavy atom. The van der Waals surface area contributed by atoms with Crippen molar-refractivity contribution in [1.29, 1.82) is 0 Å². The third kappa shape index (κ3) is 3.00. The van der Waals surface area contributed by atoms with E-state index >= 15 is 0 Å². The molecule has 0 aromatic carbocycles. The van der Waals surface area contributed by atoms with Crippen molar-refractivity contribution in [2.75, 3.05) is 32.0 Å². The quantitative estimate of drug-likeness (QED) is 0.880. The molecule has 2 heterocycles. The van der Waals surface area contributed by atoms with E-state index in [1.165, 1.54) is 6.20 Å². The fourth-order valence-electron chi connectivity index (χ4n) is 2.38. The molecule has 1 atom stereocenters. The van der Waals surface area contributed by atoms with Crippen molar-refractivity contribution < 1.29 is 9.84 Å². The fraction of sp³-hybridized carbons (Fsp3) is 0.615. The summed E-state index contributed by atoms with van der Waals surface area (Å²) in [7, 11) is 0. The molecule has 3 N–H and O–H groups in total. The second-order valence-electron chi connectivity index (χ2n) is 5.28. The highest BCUT2D eigenvalue weighted by atomic mass is 35.5. The summed E-state index contributed by atoms with van der Waals surface area (Å²) >= 11 is 5.93. The smallest absolute Gasteiger partial charge is 0.129 e. The molecule has 0 amide bonds. The van der Waals surface area contributed by atoms with Crippen LogP contribution in [0.2, 0.25) is 5.02 Å². The largest absolute Gasteiger partial charge is 0.386 e. The molecule has 1 saturated heterocycles. The molecule has 0 bridgehead atoms. The predicted molar refractivity (Wildman–Crippen MR) is 75.1 cm³/mol. The lowest BCUT2D eigenvalue weighted by atomic mass is 9.89. The van der Waals surface area contributed by atoms with E-state index in [-0.39, 0.29) is 0 Å². The van der Waals surface area contributed by atoms with Crippen molar-refractivity contribution >= 4 is 17.4 Å². The maximum Gasteiger partial charge on any atom is 0.129 e. The van der Waals surface area contributed by atoms with Crippen LogP contribution in [0.5, 0.6) is 0 Å². The number of ether oxygens (including phenoxy) is 1. The number of hydrogen-bond acceptors (Lipinski definition) is 5. The lowest BCUT2D eigenvalue weighted by molar-refractivity contribution is -0.0628. The summed E-state index contributed by atoms with van der Waals surface area (Å²) in [6.45, 7) is 6.92. The van der Waals surface area contributed by atoms with Gasteiger partial charge in [-0.2, -0.15) is 0 Å². The molecule has 2 rings (SSSR count). The highest BCUT2D eigenvalue weighted by molar-refractivity contribution is 6.30. The van der Waals surface area contributed by atoms with Gasteiger partial charge in [0.2, 0.25) is 0 Å². The van der Waals surface area contributed by atoms with E-state index in [2.05, 4.69) is 9.88 Å². The molecule has 0 saturated carbocycles. The van der Waals surface area contributed by atoms with E-state index in [4.69, 9.17) is 22.1 Å². The van der Waals surface area contributed by atoms with Gasteiger partial charge in [0.1, 0.15) is 11.9 Å². The number of anilines is 1. The number of aromatic nitrogens is 1. The summed E-state index contributed by atoms with van der Waals surface area (Å²) < 4.78 is 5.34. The van der Waals surface area contributed by atoms with Gasteiger partial charge >= 0.3 is 0 Å². The Morgan fingerprint density at radius 2 is 2.11 bits per heavy atom. The van der Waals surface area contributed by atoms with E-state index in [0.717, 1.165) is 13.1 Å². The zero-order valence-corrected chi connectivity index (χ0v) is 12.0. The summed E-state index contributed by atoms with van der Waals surface area (Å²) in [5.41, 5.74) is 5.96. The lowest BCUT2D eigenvalue weighted by Gasteiger charge is -2.43. The molecular weight excluding hydrogens is 266 g/mol. The summed E-state index contributed by atoms with van der Waals surface area (Å²) in [6, 6.07) is 1.68. The standard InChI is InChI=1S/C13H20ClN3O2/c1-13(2,17-3-5-19-6-4-17)11(18)10-7-9(14)8-16-12(10)15/h7-8,11,18H,3-6H2,1-2H3,(H2,15,16). The van der Waals surface area contributed by atoms with Gasteiger partial charge in [0.15, 0.2) is 0 Å². The number of rotatable bonds is 3. The first-order chi connectivity index (χ1) is 8.93. The van der Waals surface area contributed by atoms with Crippen LogP contribution in [0.1, 0.15) is 25.5 Å². The Morgan fingerprint density at radius 1 is 1.47 bits per heavy atom. The molecule has 0 radical (unpaired) electrons. The number of morpholine rings is 1. The molecule has 0 aliphatic carbocycles. The van der Waals surface area contributed by atoms with Crippen LogP contribution in [0.25, 0.3) is 0 Å². The van der Waals surface area contributed by atoms with Crippen molar-refractivity contribution in [1.82, 2.24) is 9.88 Å². The van der Waals surface area contributed by atoms with Gasteiger partial charge in [0, 0.05) is 30.4 Å². The highest BCUT2D eigenvalue weighted by Gasteiger charge is 2.37. The van der Waals surface area contributed by atoms with Crippen LogP contribution in [-0.4, -0.2) is 46.8 Å². The van der Waals surface area contributed by atoms with Gasteiger partial charge in [-0.25, -0.2) is 4.98 Å². The molecule has 1 aliphatic rings. The molecule has 1 unspecified atom stereocenters. The Bertz CT molecular complexity index is 448. The van der Waals surface area contributed by atoms with Gasteiger partial charge in [0.05, 0.1) is 18.2 Å². The van der Waals surface area contributed by atoms with Crippen LogP contribution in [0, 0.1) is 0 Å². The zero-order chi connectivity index (χ0) is 14.0. The predicted octanol–water partition coefficient (Wildman–Crippen LogP) is 1.46. The van der Waals surface area contributed by atoms with Gasteiger partial charge < -0.3 is 15.6 Å². The minimum absolute atomic E-state index is 0.318. The highest BCUT2D eigenvalue weighted by Crippen LogP contribution is 2.34. The molecule has 1 aromatic heterocycles. The average molecular weight is 286 g/mol. The molecular formula is C13H20ClN3O2. The van der Waals surface area contributed by atoms with Gasteiger partial charge in [-0.3, -0.25) is 4.90 Å². The van der Waals surface area contributed by atoms with Crippen molar-refractivity contribution in [3.63, 3.8) is 0 Å². The summed E-state index contributed by atoms with van der Waals surface area (Å²) in [5.74, 6) is 0.318. The molecule has 1 fully saturated rings. The minimum Gasteiger partial charge on any atom is -0.386 e. The Balaban J connectivity index is 2.25. The van der Waals surface area contributed by atoms with E-state index in [0.29, 0.717) is 29.6 Å². The van der Waals surface area contributed by atoms with Crippen molar-refractivity contribution in [3.8, 4) is 0 Å². The van der Waals surface area contributed by atoms with E-state index in [9.17, 15) is 5.11 Å². The average Bonchev–Trinajstić information content (AvgIpc) is 2.41. The van der Waals surface area contributed by atoms with Crippen LogP contribution < -0.4 is 5.73 Å². The third-order valence-electron chi connectivity index (χ3n) is 3.71. The second-order valence-corrected chi connectivity index (χ2v) is 5.72. The molecule has 19 heavy (non-hydrogen) atoms. The number of hydrogen-bond donors (Lipinski definition) is 2. The minimum atomic E-state index is -0.753. The van der Waals surface area contributed by atoms with Crippen molar-refractivity contribution in [2.24, 2.45) is 0 Å². The Labute approximate surface area is 118 Å². The number of aliphatic hydroxyl groups excluding tert-OH is 1. The van der Waals surface area contributed by atoms with E-state index in [1.54, 1.807) is 6.07 Å². The van der Waals surface area contributed by atoms with Crippen LogP contribution in [0.4, 0.5) is 5.82 Å². The first-order valence-corrected chi connectivity index (χ1v) is 6.72. The molecule has 106 valence electrons. The first-order valence-electron chi connectivity index (χ1n) is 6.34. The number of nitrogens with two attached hydrogens (primary N) is 1. The van der Waals surface area contributed by atoms with Crippen molar-refractivity contribution in [2.45, 2.75) is 25.5 Å².